The molecule has 1 aromatic carbocycles. The molecule has 0 aliphatic heterocycles. The van der Waals surface area contributed by atoms with Gasteiger partial charge in [0, 0.05) is 10.9 Å². The third-order valence-corrected chi connectivity index (χ3v) is 5.49. The van der Waals surface area contributed by atoms with Crippen molar-refractivity contribution >= 4 is 28.5 Å². The number of nitrogen functional groups attached to an aromatic ring is 1. The molecule has 3 unspecified atom stereocenters. The molecule has 3 rings (SSSR count). The van der Waals surface area contributed by atoms with E-state index in [1.165, 1.54) is 19.3 Å². The lowest BCUT2D eigenvalue weighted by atomic mass is 9.81. The molecule has 0 bridgehead atoms. The van der Waals surface area contributed by atoms with Gasteiger partial charge in [-0.1, -0.05) is 25.6 Å². The summed E-state index contributed by atoms with van der Waals surface area (Å²) in [5, 5.41) is 1.73. The molecule has 0 amide bonds. The third-order valence-electron chi connectivity index (χ3n) is 4.31. The second kappa shape index (κ2) is 5.08. The molecule has 3 nitrogen and oxygen atoms in total. The van der Waals surface area contributed by atoms with Crippen molar-refractivity contribution in [3.63, 3.8) is 0 Å². The first-order valence-electron chi connectivity index (χ1n) is 7.03. The number of nitrogens with two attached hydrogens (primary N) is 1. The lowest BCUT2D eigenvalue weighted by molar-refractivity contribution is 0.283. The second-order valence-corrected chi connectivity index (χ2v) is 7.12. The zero-order valence-corrected chi connectivity index (χ0v) is 12.3. The number of fused-ring (bicyclic) bond motifs is 1. The number of aromatic nitrogens is 2. The summed E-state index contributed by atoms with van der Waals surface area (Å²) in [6.07, 6.45) is 3.94. The topological polar surface area (TPSA) is 54.7 Å². The maximum atomic E-state index is 5.80. The van der Waals surface area contributed by atoms with Gasteiger partial charge in [-0.25, -0.2) is 4.98 Å². The Morgan fingerprint density at radius 1 is 1.26 bits per heavy atom. The van der Waals surface area contributed by atoms with Crippen molar-refractivity contribution in [3.8, 4) is 0 Å². The number of hydrogen-bond acceptors (Lipinski definition) is 3. The van der Waals surface area contributed by atoms with Gasteiger partial charge in [-0.05, 0) is 49.3 Å². The molecule has 2 aromatic rings. The fourth-order valence-corrected chi connectivity index (χ4v) is 4.11. The lowest BCUT2D eigenvalue weighted by Gasteiger charge is -2.31. The van der Waals surface area contributed by atoms with E-state index in [0.29, 0.717) is 5.25 Å². The first kappa shape index (κ1) is 12.9. The molecular formula is C15H21N3S. The molecule has 19 heavy (non-hydrogen) atoms. The minimum atomic E-state index is 0.698. The summed E-state index contributed by atoms with van der Waals surface area (Å²) in [4.78, 5) is 8.03. The molecule has 1 heterocycles. The van der Waals surface area contributed by atoms with E-state index in [1.54, 1.807) is 0 Å². The zero-order valence-electron chi connectivity index (χ0n) is 11.5. The van der Waals surface area contributed by atoms with Crippen molar-refractivity contribution in [1.82, 2.24) is 9.97 Å². The molecule has 1 aliphatic carbocycles. The Morgan fingerprint density at radius 3 is 2.89 bits per heavy atom. The first-order chi connectivity index (χ1) is 9.11. The number of rotatable bonds is 2. The van der Waals surface area contributed by atoms with E-state index in [2.05, 4.69) is 23.8 Å². The second-order valence-electron chi connectivity index (χ2n) is 5.83. The van der Waals surface area contributed by atoms with E-state index in [9.17, 15) is 0 Å². The molecule has 3 N–H and O–H groups in total. The monoisotopic (exact) mass is 275 g/mol. The van der Waals surface area contributed by atoms with Crippen LogP contribution in [0.4, 0.5) is 5.69 Å². The van der Waals surface area contributed by atoms with Crippen LogP contribution < -0.4 is 5.73 Å². The standard InChI is InChI=1S/C15H21N3S/c1-9-3-5-12(7-10(9)2)19-15-17-13-6-4-11(16)8-14(13)18-15/h4,6,8-10,12H,3,5,7,16H2,1-2H3,(H,17,18). The minimum Gasteiger partial charge on any atom is -0.399 e. The number of imidazole rings is 1. The third kappa shape index (κ3) is 2.73. The largest absolute Gasteiger partial charge is 0.399 e. The molecule has 1 saturated carbocycles. The maximum absolute atomic E-state index is 5.80. The molecule has 4 heteroatoms. The van der Waals surface area contributed by atoms with Gasteiger partial charge in [0.05, 0.1) is 11.0 Å². The molecule has 0 spiro atoms. The Kier molecular flexibility index (Phi) is 3.44. The number of anilines is 1. The van der Waals surface area contributed by atoms with E-state index in [-0.39, 0.29) is 0 Å². The van der Waals surface area contributed by atoms with Crippen LogP contribution in [0.2, 0.25) is 0 Å². The highest BCUT2D eigenvalue weighted by atomic mass is 32.2. The molecule has 0 saturated heterocycles. The smallest absolute Gasteiger partial charge is 0.166 e. The van der Waals surface area contributed by atoms with Crippen LogP contribution in [-0.4, -0.2) is 15.2 Å². The summed E-state index contributed by atoms with van der Waals surface area (Å²) in [6.45, 7) is 4.74. The van der Waals surface area contributed by atoms with Crippen molar-refractivity contribution in [3.05, 3.63) is 18.2 Å². The van der Waals surface area contributed by atoms with Gasteiger partial charge < -0.3 is 10.7 Å². The van der Waals surface area contributed by atoms with Gasteiger partial charge in [0.25, 0.3) is 0 Å². The van der Waals surface area contributed by atoms with Crippen LogP contribution in [0.15, 0.2) is 23.4 Å². The Labute approximate surface area is 118 Å². The van der Waals surface area contributed by atoms with Crippen LogP contribution in [0.1, 0.15) is 33.1 Å². The number of thioether (sulfide) groups is 1. The van der Waals surface area contributed by atoms with Crippen molar-refractivity contribution < 1.29 is 0 Å². The van der Waals surface area contributed by atoms with Crippen LogP contribution in [0.5, 0.6) is 0 Å². The van der Waals surface area contributed by atoms with Crippen molar-refractivity contribution in [1.29, 1.82) is 0 Å². The number of nitrogens with one attached hydrogen (secondary N) is 1. The summed E-state index contributed by atoms with van der Waals surface area (Å²) in [6, 6.07) is 5.84. The van der Waals surface area contributed by atoms with Gasteiger partial charge in [0.1, 0.15) is 0 Å². The van der Waals surface area contributed by atoms with E-state index < -0.39 is 0 Å². The average Bonchev–Trinajstić information content (AvgIpc) is 2.75. The Balaban J connectivity index is 1.74. The van der Waals surface area contributed by atoms with E-state index in [4.69, 9.17) is 5.73 Å². The van der Waals surface area contributed by atoms with Crippen molar-refractivity contribution in [2.75, 3.05) is 5.73 Å². The van der Waals surface area contributed by atoms with Crippen LogP contribution >= 0.6 is 11.8 Å². The molecule has 3 atom stereocenters. The maximum Gasteiger partial charge on any atom is 0.166 e. The number of aromatic amines is 1. The fourth-order valence-electron chi connectivity index (χ4n) is 2.82. The highest BCUT2D eigenvalue weighted by Gasteiger charge is 2.25. The normalized spacial score (nSPS) is 27.8. The van der Waals surface area contributed by atoms with Gasteiger partial charge in [-0.3, -0.25) is 0 Å². The van der Waals surface area contributed by atoms with Crippen LogP contribution in [0.3, 0.4) is 0 Å². The highest BCUT2D eigenvalue weighted by Crippen LogP contribution is 2.38. The zero-order chi connectivity index (χ0) is 13.4. The number of H-pyrrole nitrogens is 1. The first-order valence-corrected chi connectivity index (χ1v) is 7.91. The predicted molar refractivity (Wildman–Crippen MR) is 82.3 cm³/mol. The Bertz CT molecular complexity index is 578. The van der Waals surface area contributed by atoms with E-state index in [0.717, 1.165) is 33.7 Å². The Morgan fingerprint density at radius 2 is 2.11 bits per heavy atom. The summed E-state index contributed by atoms with van der Waals surface area (Å²) < 4.78 is 0. The summed E-state index contributed by atoms with van der Waals surface area (Å²) >= 11 is 1.89. The SMILES string of the molecule is CC1CCC(Sc2nc3ccc(N)cc3[nH]2)CC1C. The van der Waals surface area contributed by atoms with Crippen LogP contribution in [-0.2, 0) is 0 Å². The average molecular weight is 275 g/mol. The minimum absolute atomic E-state index is 0.698. The van der Waals surface area contributed by atoms with E-state index in [1.807, 2.05) is 30.0 Å². The molecule has 0 radical (unpaired) electrons. The number of benzene rings is 1. The number of nitrogens with zero attached hydrogens (tertiary/aromatic N) is 1. The quantitative estimate of drug-likeness (QED) is 0.813. The van der Waals surface area contributed by atoms with E-state index >= 15 is 0 Å². The van der Waals surface area contributed by atoms with Gasteiger partial charge >= 0.3 is 0 Å². The van der Waals surface area contributed by atoms with Crippen molar-refractivity contribution in [2.45, 2.75) is 43.5 Å². The lowest BCUT2D eigenvalue weighted by Crippen LogP contribution is -2.22. The molecule has 1 fully saturated rings. The summed E-state index contributed by atoms with van der Waals surface area (Å²) in [7, 11) is 0. The van der Waals surface area contributed by atoms with Crippen LogP contribution in [0, 0.1) is 11.8 Å². The molecule has 1 aliphatic rings. The Hall–Kier alpha value is -1.16. The highest BCUT2D eigenvalue weighted by molar-refractivity contribution is 7.99. The summed E-state index contributed by atoms with van der Waals surface area (Å²) in [5.41, 5.74) is 8.63. The summed E-state index contributed by atoms with van der Waals surface area (Å²) in [5.74, 6) is 1.69. The molecular weight excluding hydrogens is 254 g/mol. The van der Waals surface area contributed by atoms with Gasteiger partial charge in [-0.15, -0.1) is 0 Å². The van der Waals surface area contributed by atoms with Gasteiger partial charge in [0.2, 0.25) is 0 Å². The fraction of sp³-hybridized carbons (Fsp3) is 0.533. The van der Waals surface area contributed by atoms with Crippen LogP contribution in [0.25, 0.3) is 11.0 Å². The molecule has 1 aromatic heterocycles. The number of hydrogen-bond donors (Lipinski definition) is 2. The van der Waals surface area contributed by atoms with Gasteiger partial charge in [0.15, 0.2) is 5.16 Å². The van der Waals surface area contributed by atoms with Gasteiger partial charge in [-0.2, -0.15) is 0 Å². The van der Waals surface area contributed by atoms with Crippen molar-refractivity contribution in [2.24, 2.45) is 11.8 Å². The molecule has 102 valence electrons. The predicted octanol–water partition coefficient (Wildman–Crippen LogP) is 4.06.